The Morgan fingerprint density at radius 2 is 1.71 bits per heavy atom. The fourth-order valence-corrected chi connectivity index (χ4v) is 2.33. The van der Waals surface area contributed by atoms with Gasteiger partial charge in [-0.15, -0.1) is 0 Å². The highest BCUT2D eigenvalue weighted by atomic mass is 19.2. The van der Waals surface area contributed by atoms with Crippen molar-refractivity contribution in [2.75, 3.05) is 20.1 Å². The third-order valence-electron chi connectivity index (χ3n) is 3.59. The number of nitrogens with zero attached hydrogens (tertiary/aromatic N) is 1. The fourth-order valence-electron chi connectivity index (χ4n) is 2.33. The molecule has 1 saturated heterocycles. The van der Waals surface area contributed by atoms with Crippen molar-refractivity contribution in [2.45, 2.75) is 18.9 Å². The van der Waals surface area contributed by atoms with Crippen LogP contribution in [0, 0.1) is 11.6 Å². The molecular formula is C14H16F2N2O3. The summed E-state index contributed by atoms with van der Waals surface area (Å²) in [6, 6.07) is 1.06. The van der Waals surface area contributed by atoms with Crippen molar-refractivity contribution in [3.8, 4) is 0 Å². The van der Waals surface area contributed by atoms with E-state index in [0.29, 0.717) is 12.1 Å². The summed E-state index contributed by atoms with van der Waals surface area (Å²) in [5.74, 6) is -4.69. The minimum Gasteiger partial charge on any atom is -0.478 e. The van der Waals surface area contributed by atoms with Crippen LogP contribution >= 0.6 is 0 Å². The zero-order valence-electron chi connectivity index (χ0n) is 11.5. The van der Waals surface area contributed by atoms with E-state index in [2.05, 4.69) is 10.2 Å². The molecule has 21 heavy (non-hydrogen) atoms. The maximum atomic E-state index is 13.3. The highest BCUT2D eigenvalue weighted by Crippen LogP contribution is 2.17. The first-order valence-electron chi connectivity index (χ1n) is 6.60. The van der Waals surface area contributed by atoms with E-state index in [1.54, 1.807) is 0 Å². The number of nitrogens with one attached hydrogen (secondary N) is 1. The molecule has 5 nitrogen and oxygen atoms in total. The van der Waals surface area contributed by atoms with Gasteiger partial charge in [-0.2, -0.15) is 0 Å². The van der Waals surface area contributed by atoms with Gasteiger partial charge in [-0.05, 0) is 45.1 Å². The van der Waals surface area contributed by atoms with Crippen LogP contribution in [0.15, 0.2) is 12.1 Å². The van der Waals surface area contributed by atoms with Crippen molar-refractivity contribution >= 4 is 11.9 Å². The monoisotopic (exact) mass is 298 g/mol. The number of piperidine rings is 1. The van der Waals surface area contributed by atoms with Crippen LogP contribution in [-0.2, 0) is 0 Å². The van der Waals surface area contributed by atoms with Gasteiger partial charge in [0, 0.05) is 6.04 Å². The van der Waals surface area contributed by atoms with E-state index in [9.17, 15) is 18.4 Å². The molecule has 1 heterocycles. The van der Waals surface area contributed by atoms with Crippen molar-refractivity contribution in [1.82, 2.24) is 10.2 Å². The number of rotatable bonds is 3. The molecule has 1 aromatic carbocycles. The number of hydrogen-bond donors (Lipinski definition) is 2. The molecule has 0 bridgehead atoms. The predicted molar refractivity (Wildman–Crippen MR) is 71.3 cm³/mol. The first-order valence-corrected chi connectivity index (χ1v) is 6.60. The second-order valence-electron chi connectivity index (χ2n) is 5.17. The number of carbonyl (C=O) groups is 2. The van der Waals surface area contributed by atoms with E-state index < -0.39 is 29.1 Å². The molecule has 7 heteroatoms. The average molecular weight is 298 g/mol. The van der Waals surface area contributed by atoms with Gasteiger partial charge in [0.25, 0.3) is 5.91 Å². The van der Waals surface area contributed by atoms with Gasteiger partial charge in [-0.3, -0.25) is 4.79 Å². The van der Waals surface area contributed by atoms with Crippen LogP contribution in [0.3, 0.4) is 0 Å². The smallest absolute Gasteiger partial charge is 0.336 e. The molecule has 2 rings (SSSR count). The number of aromatic carboxylic acids is 1. The lowest BCUT2D eigenvalue weighted by molar-refractivity contribution is 0.0689. The molecule has 2 N–H and O–H groups in total. The molecule has 1 aliphatic heterocycles. The molecule has 114 valence electrons. The maximum Gasteiger partial charge on any atom is 0.336 e. The summed E-state index contributed by atoms with van der Waals surface area (Å²) in [6.07, 6.45) is 1.46. The van der Waals surface area contributed by atoms with Crippen LogP contribution < -0.4 is 5.32 Å². The predicted octanol–water partition coefficient (Wildman–Crippen LogP) is 1.49. The lowest BCUT2D eigenvalue weighted by Crippen LogP contribution is -2.43. The zero-order valence-corrected chi connectivity index (χ0v) is 11.5. The number of hydrogen-bond acceptors (Lipinski definition) is 3. The maximum absolute atomic E-state index is 13.3. The SMILES string of the molecule is CN1CCC(NC(=O)c2cc(F)c(F)cc2C(=O)O)CC1. The third kappa shape index (κ3) is 3.55. The van der Waals surface area contributed by atoms with E-state index in [4.69, 9.17) is 5.11 Å². The van der Waals surface area contributed by atoms with E-state index >= 15 is 0 Å². The number of carboxylic acid groups (broad SMARTS) is 1. The molecule has 0 saturated carbocycles. The van der Waals surface area contributed by atoms with E-state index in [0.717, 1.165) is 25.9 Å². The summed E-state index contributed by atoms with van der Waals surface area (Å²) < 4.78 is 26.4. The lowest BCUT2D eigenvalue weighted by Gasteiger charge is -2.29. The van der Waals surface area contributed by atoms with E-state index in [1.165, 1.54) is 0 Å². The standard InChI is InChI=1S/C14H16F2N2O3/c1-18-4-2-8(3-5-18)17-13(19)9-6-11(15)12(16)7-10(9)14(20)21/h6-8H,2-5H2,1H3,(H,17,19)(H,20,21). The number of amides is 1. The van der Waals surface area contributed by atoms with Gasteiger partial charge in [0.15, 0.2) is 11.6 Å². The summed E-state index contributed by atoms with van der Waals surface area (Å²) in [6.45, 7) is 1.63. The minimum atomic E-state index is -1.47. The molecule has 0 aromatic heterocycles. The second-order valence-corrected chi connectivity index (χ2v) is 5.17. The molecule has 0 spiro atoms. The van der Waals surface area contributed by atoms with Crippen LogP contribution in [0.25, 0.3) is 0 Å². The van der Waals surface area contributed by atoms with Gasteiger partial charge in [0.1, 0.15) is 0 Å². The van der Waals surface area contributed by atoms with Crippen molar-refractivity contribution in [1.29, 1.82) is 0 Å². The Morgan fingerprint density at radius 1 is 1.19 bits per heavy atom. The molecular weight excluding hydrogens is 282 g/mol. The van der Waals surface area contributed by atoms with E-state index in [-0.39, 0.29) is 11.6 Å². The molecule has 0 aliphatic carbocycles. The average Bonchev–Trinajstić information content (AvgIpc) is 2.43. The highest BCUT2D eigenvalue weighted by molar-refractivity contribution is 6.04. The number of halogens is 2. The first kappa shape index (κ1) is 15.4. The zero-order chi connectivity index (χ0) is 15.6. The Balaban J connectivity index is 2.18. The summed E-state index contributed by atoms with van der Waals surface area (Å²) >= 11 is 0. The fraction of sp³-hybridized carbons (Fsp3) is 0.429. The highest BCUT2D eigenvalue weighted by Gasteiger charge is 2.24. The normalized spacial score (nSPS) is 16.7. The molecule has 0 unspecified atom stereocenters. The Bertz CT molecular complexity index is 570. The molecule has 1 aromatic rings. The van der Waals surface area contributed by atoms with Crippen molar-refractivity contribution < 1.29 is 23.5 Å². The van der Waals surface area contributed by atoms with Gasteiger partial charge in [0.05, 0.1) is 11.1 Å². The van der Waals surface area contributed by atoms with Crippen molar-refractivity contribution in [3.63, 3.8) is 0 Å². The molecule has 0 atom stereocenters. The minimum absolute atomic E-state index is 0.0940. The Hall–Kier alpha value is -2.02. The quantitative estimate of drug-likeness (QED) is 0.887. The second kappa shape index (κ2) is 6.17. The van der Waals surface area contributed by atoms with Crippen LogP contribution in [0.1, 0.15) is 33.6 Å². The Labute approximate surface area is 120 Å². The molecule has 1 aliphatic rings. The lowest BCUT2D eigenvalue weighted by atomic mass is 10.0. The van der Waals surface area contributed by atoms with Crippen LogP contribution in [0.2, 0.25) is 0 Å². The van der Waals surface area contributed by atoms with Gasteiger partial charge < -0.3 is 15.3 Å². The summed E-state index contributed by atoms with van der Waals surface area (Å²) in [5.41, 5.74) is -0.903. The van der Waals surface area contributed by atoms with Crippen LogP contribution in [0.5, 0.6) is 0 Å². The third-order valence-corrected chi connectivity index (χ3v) is 3.59. The Kier molecular flexibility index (Phi) is 4.52. The van der Waals surface area contributed by atoms with Crippen molar-refractivity contribution in [3.05, 3.63) is 34.9 Å². The molecule has 0 radical (unpaired) electrons. The van der Waals surface area contributed by atoms with E-state index in [1.807, 2.05) is 7.05 Å². The van der Waals surface area contributed by atoms with Crippen LogP contribution in [0.4, 0.5) is 8.78 Å². The summed E-state index contributed by atoms with van der Waals surface area (Å²) in [4.78, 5) is 25.3. The molecule has 1 fully saturated rings. The van der Waals surface area contributed by atoms with Gasteiger partial charge in [-0.1, -0.05) is 0 Å². The topological polar surface area (TPSA) is 69.6 Å². The molecule has 1 amide bonds. The van der Waals surface area contributed by atoms with Gasteiger partial charge >= 0.3 is 5.97 Å². The van der Waals surface area contributed by atoms with Crippen LogP contribution in [-0.4, -0.2) is 48.1 Å². The first-order chi connectivity index (χ1) is 9.88. The summed E-state index contributed by atoms with van der Waals surface area (Å²) in [7, 11) is 1.97. The van der Waals surface area contributed by atoms with Gasteiger partial charge in [-0.25, -0.2) is 13.6 Å². The Morgan fingerprint density at radius 3 is 2.24 bits per heavy atom. The number of carbonyl (C=O) groups excluding carboxylic acids is 1. The van der Waals surface area contributed by atoms with Gasteiger partial charge in [0.2, 0.25) is 0 Å². The number of carboxylic acids is 1. The summed E-state index contributed by atoms with van der Waals surface area (Å²) in [5, 5.41) is 11.7. The number of likely N-dealkylation sites (tertiary alicyclic amines) is 1. The van der Waals surface area contributed by atoms with Crippen molar-refractivity contribution in [2.24, 2.45) is 0 Å². The largest absolute Gasteiger partial charge is 0.478 e. The number of benzene rings is 1.